The number of nitrogens with one attached hydrogen (secondary N) is 2. The van der Waals surface area contributed by atoms with Crippen molar-refractivity contribution in [2.24, 2.45) is 11.3 Å². The number of anilines is 1. The van der Waals surface area contributed by atoms with Gasteiger partial charge in [0.05, 0.1) is 6.54 Å². The Balaban J connectivity index is 0.00000140. The molecule has 2 saturated heterocycles. The summed E-state index contributed by atoms with van der Waals surface area (Å²) in [4.78, 5) is 29.0. The first kappa shape index (κ1) is 22.8. The molecule has 0 bridgehead atoms. The first-order valence-corrected chi connectivity index (χ1v) is 9.74. The molecule has 1 unspecified atom stereocenters. The summed E-state index contributed by atoms with van der Waals surface area (Å²) < 4.78 is 0. The average Bonchev–Trinajstić information content (AvgIpc) is 3.40. The van der Waals surface area contributed by atoms with Crippen LogP contribution in [0.1, 0.15) is 19.3 Å². The summed E-state index contributed by atoms with van der Waals surface area (Å²) in [5, 5.41) is 6.24. The highest BCUT2D eigenvalue weighted by molar-refractivity contribution is 5.88. The van der Waals surface area contributed by atoms with Gasteiger partial charge in [-0.05, 0) is 49.9 Å². The lowest BCUT2D eigenvalue weighted by Gasteiger charge is -2.36. The summed E-state index contributed by atoms with van der Waals surface area (Å²) in [6.45, 7) is 5.24. The fourth-order valence-corrected chi connectivity index (χ4v) is 4.45. The van der Waals surface area contributed by atoms with Crippen molar-refractivity contribution in [2.45, 2.75) is 19.3 Å². The van der Waals surface area contributed by atoms with E-state index < -0.39 is 0 Å². The van der Waals surface area contributed by atoms with Gasteiger partial charge >= 0.3 is 0 Å². The quantitative estimate of drug-likeness (QED) is 0.765. The number of nitrogens with zero attached hydrogens (tertiary/aromatic N) is 2. The summed E-state index contributed by atoms with van der Waals surface area (Å²) in [5.41, 5.74) is 1.42. The van der Waals surface area contributed by atoms with Crippen LogP contribution in [0.2, 0.25) is 0 Å². The predicted octanol–water partition coefficient (Wildman–Crippen LogP) is 1.68. The summed E-state index contributed by atoms with van der Waals surface area (Å²) >= 11 is 0. The van der Waals surface area contributed by atoms with E-state index in [1.807, 2.05) is 23.1 Å². The largest absolute Gasteiger partial charge is 0.368 e. The Kier molecular flexibility index (Phi) is 7.98. The third-order valence-electron chi connectivity index (χ3n) is 6.27. The lowest BCUT2D eigenvalue weighted by molar-refractivity contribution is -0.133. The maximum Gasteiger partial charge on any atom is 0.242 e. The summed E-state index contributed by atoms with van der Waals surface area (Å²) in [6, 6.07) is 10.3. The van der Waals surface area contributed by atoms with E-state index >= 15 is 0 Å². The highest BCUT2D eigenvalue weighted by Gasteiger charge is 2.57. The molecule has 2 heterocycles. The van der Waals surface area contributed by atoms with Crippen molar-refractivity contribution in [1.82, 2.24) is 15.5 Å². The number of amides is 2. The molecule has 4 rings (SSSR count). The number of piperazine rings is 1. The molecule has 0 aromatic heterocycles. The van der Waals surface area contributed by atoms with Crippen LogP contribution in [0, 0.1) is 11.3 Å². The van der Waals surface area contributed by atoms with Crippen molar-refractivity contribution in [3.05, 3.63) is 30.3 Å². The van der Waals surface area contributed by atoms with Crippen molar-refractivity contribution < 1.29 is 9.59 Å². The molecule has 3 fully saturated rings. The number of carbonyl (C=O) groups excluding carboxylic acids is 2. The van der Waals surface area contributed by atoms with Gasteiger partial charge in [-0.15, -0.1) is 24.8 Å². The lowest BCUT2D eigenvalue weighted by Crippen LogP contribution is -2.51. The van der Waals surface area contributed by atoms with Crippen molar-refractivity contribution in [3.8, 4) is 0 Å². The second kappa shape index (κ2) is 9.81. The Hall–Kier alpha value is -1.50. The Morgan fingerprint density at radius 2 is 1.68 bits per heavy atom. The van der Waals surface area contributed by atoms with E-state index in [0.29, 0.717) is 13.1 Å². The Morgan fingerprint density at radius 3 is 2.32 bits per heavy atom. The Morgan fingerprint density at radius 1 is 1.04 bits per heavy atom. The minimum absolute atomic E-state index is 0. The predicted molar refractivity (Wildman–Crippen MR) is 115 cm³/mol. The van der Waals surface area contributed by atoms with E-state index in [0.717, 1.165) is 45.4 Å². The van der Waals surface area contributed by atoms with Gasteiger partial charge in [0, 0.05) is 37.8 Å². The first-order valence-electron chi connectivity index (χ1n) is 9.74. The van der Waals surface area contributed by atoms with E-state index in [1.165, 1.54) is 5.69 Å². The van der Waals surface area contributed by atoms with Gasteiger partial charge in [0.15, 0.2) is 0 Å². The topological polar surface area (TPSA) is 64.7 Å². The van der Waals surface area contributed by atoms with Crippen LogP contribution in [0.4, 0.5) is 5.69 Å². The zero-order valence-electron chi connectivity index (χ0n) is 16.1. The molecule has 1 aromatic carbocycles. The maximum atomic E-state index is 12.4. The van der Waals surface area contributed by atoms with Crippen LogP contribution >= 0.6 is 24.8 Å². The molecule has 1 spiro atoms. The number of hydrogen-bond acceptors (Lipinski definition) is 4. The minimum Gasteiger partial charge on any atom is -0.368 e. The molecule has 1 saturated carbocycles. The number of halogens is 2. The van der Waals surface area contributed by atoms with E-state index in [2.05, 4.69) is 27.7 Å². The number of hydrogen-bond donors (Lipinski definition) is 2. The van der Waals surface area contributed by atoms with Crippen LogP contribution in [-0.2, 0) is 9.59 Å². The van der Waals surface area contributed by atoms with Crippen molar-refractivity contribution in [2.75, 3.05) is 50.7 Å². The molecule has 1 aliphatic carbocycles. The van der Waals surface area contributed by atoms with Gasteiger partial charge in [0.1, 0.15) is 0 Å². The molecule has 2 amide bonds. The SMILES string of the molecule is Cl.Cl.O=C(NCC(=O)N1CCN(c2ccccc2)CC1)C1CC12CCNCC2. The van der Waals surface area contributed by atoms with Gasteiger partial charge in [-0.1, -0.05) is 18.2 Å². The molecule has 2 N–H and O–H groups in total. The molecule has 8 heteroatoms. The van der Waals surface area contributed by atoms with Gasteiger partial charge < -0.3 is 20.4 Å². The molecular weight excluding hydrogens is 399 g/mol. The fraction of sp³-hybridized carbons (Fsp3) is 0.600. The second-order valence-electron chi connectivity index (χ2n) is 7.79. The summed E-state index contributed by atoms with van der Waals surface area (Å²) in [6.07, 6.45) is 3.16. The van der Waals surface area contributed by atoms with Crippen LogP contribution in [0.3, 0.4) is 0 Å². The average molecular weight is 429 g/mol. The monoisotopic (exact) mass is 428 g/mol. The summed E-state index contributed by atoms with van der Waals surface area (Å²) in [7, 11) is 0. The molecule has 0 radical (unpaired) electrons. The van der Waals surface area contributed by atoms with E-state index in [1.54, 1.807) is 0 Å². The fourth-order valence-electron chi connectivity index (χ4n) is 4.45. The number of rotatable bonds is 4. The standard InChI is InChI=1S/C20H28N4O2.2ClH/c25-18(15-22-19(26)17-14-20(17)6-8-21-9-7-20)24-12-10-23(11-13-24)16-4-2-1-3-5-16;;/h1-5,17,21H,6-15H2,(H,22,26);2*1H. The van der Waals surface area contributed by atoms with E-state index in [4.69, 9.17) is 0 Å². The van der Waals surface area contributed by atoms with Gasteiger partial charge in [-0.25, -0.2) is 0 Å². The molecule has 2 aliphatic heterocycles. The van der Waals surface area contributed by atoms with E-state index in [9.17, 15) is 9.59 Å². The van der Waals surface area contributed by atoms with Crippen LogP contribution in [0.25, 0.3) is 0 Å². The second-order valence-corrected chi connectivity index (χ2v) is 7.79. The Labute approximate surface area is 179 Å². The van der Waals surface area contributed by atoms with Crippen molar-refractivity contribution >= 4 is 42.3 Å². The smallest absolute Gasteiger partial charge is 0.242 e. The van der Waals surface area contributed by atoms with Gasteiger partial charge in [-0.3, -0.25) is 9.59 Å². The molecule has 28 heavy (non-hydrogen) atoms. The van der Waals surface area contributed by atoms with Crippen molar-refractivity contribution in [1.29, 1.82) is 0 Å². The van der Waals surface area contributed by atoms with Gasteiger partial charge in [0.25, 0.3) is 0 Å². The normalized spacial score (nSPS) is 22.6. The highest BCUT2D eigenvalue weighted by atomic mass is 35.5. The molecule has 1 aromatic rings. The number of benzene rings is 1. The minimum atomic E-state index is 0. The first-order chi connectivity index (χ1) is 12.7. The molecule has 1 atom stereocenters. The van der Waals surface area contributed by atoms with Crippen molar-refractivity contribution in [3.63, 3.8) is 0 Å². The third kappa shape index (κ3) is 4.91. The van der Waals surface area contributed by atoms with Crippen LogP contribution < -0.4 is 15.5 Å². The third-order valence-corrected chi connectivity index (χ3v) is 6.27. The van der Waals surface area contributed by atoms with Crippen LogP contribution in [0.5, 0.6) is 0 Å². The zero-order valence-corrected chi connectivity index (χ0v) is 17.7. The maximum absolute atomic E-state index is 12.4. The molecule has 156 valence electrons. The summed E-state index contributed by atoms with van der Waals surface area (Å²) in [5.74, 6) is 0.224. The molecule has 3 aliphatic rings. The molecular formula is C20H30Cl2N4O2. The van der Waals surface area contributed by atoms with E-state index in [-0.39, 0.29) is 54.5 Å². The molecule has 6 nitrogen and oxygen atoms in total. The zero-order chi connectivity index (χ0) is 18.0. The number of carbonyl (C=O) groups is 2. The lowest BCUT2D eigenvalue weighted by atomic mass is 9.92. The number of piperidine rings is 1. The van der Waals surface area contributed by atoms with Gasteiger partial charge in [0.2, 0.25) is 11.8 Å². The van der Waals surface area contributed by atoms with Crippen LogP contribution in [-0.4, -0.2) is 62.5 Å². The van der Waals surface area contributed by atoms with Gasteiger partial charge in [-0.2, -0.15) is 0 Å². The Bertz CT molecular complexity index is 659. The number of para-hydroxylation sites is 1. The van der Waals surface area contributed by atoms with Crippen LogP contribution in [0.15, 0.2) is 30.3 Å². The highest BCUT2D eigenvalue weighted by Crippen LogP contribution is 2.58.